The molecule has 1 fully saturated rings. The summed E-state index contributed by atoms with van der Waals surface area (Å²) in [6, 6.07) is 3.04. The molecule has 0 radical (unpaired) electrons. The summed E-state index contributed by atoms with van der Waals surface area (Å²) in [5.74, 6) is -0.396. The van der Waals surface area contributed by atoms with Crippen LogP contribution in [0.5, 0.6) is 0 Å². The van der Waals surface area contributed by atoms with Gasteiger partial charge in [0.25, 0.3) is 0 Å². The Morgan fingerprint density at radius 3 is 2.82 bits per heavy atom. The van der Waals surface area contributed by atoms with Crippen molar-refractivity contribution in [1.82, 2.24) is 0 Å². The number of hydrogen-bond donors (Lipinski definition) is 0. The minimum atomic E-state index is -0.751. The SMILES string of the molecule is COCc1cc(Cl)cc(C2(N=C=O)CC2)c1F. The second-order valence-electron chi connectivity index (χ2n) is 4.09. The molecule has 1 aromatic rings. The first-order chi connectivity index (χ1) is 8.13. The van der Waals surface area contributed by atoms with Crippen LogP contribution in [-0.4, -0.2) is 13.2 Å². The van der Waals surface area contributed by atoms with E-state index in [2.05, 4.69) is 4.99 Å². The molecular formula is C12H11ClFNO2. The van der Waals surface area contributed by atoms with Gasteiger partial charge in [-0.2, -0.15) is 4.99 Å². The largest absolute Gasteiger partial charge is 0.380 e. The van der Waals surface area contributed by atoms with Crippen molar-refractivity contribution in [3.05, 3.63) is 34.1 Å². The van der Waals surface area contributed by atoms with Gasteiger partial charge in [0.1, 0.15) is 11.4 Å². The van der Waals surface area contributed by atoms with Crippen LogP contribution in [-0.2, 0) is 21.7 Å². The Labute approximate surface area is 103 Å². The molecule has 0 bridgehead atoms. The first-order valence-electron chi connectivity index (χ1n) is 5.19. The molecular weight excluding hydrogens is 245 g/mol. The average molecular weight is 256 g/mol. The average Bonchev–Trinajstić information content (AvgIpc) is 3.05. The molecule has 0 heterocycles. The first-order valence-corrected chi connectivity index (χ1v) is 5.57. The lowest BCUT2D eigenvalue weighted by atomic mass is 10.0. The van der Waals surface area contributed by atoms with Crippen molar-refractivity contribution >= 4 is 17.7 Å². The summed E-state index contributed by atoms with van der Waals surface area (Å²) >= 11 is 5.93. The van der Waals surface area contributed by atoms with Crippen molar-refractivity contribution in [2.45, 2.75) is 25.0 Å². The Kier molecular flexibility index (Phi) is 3.29. The Bertz CT molecular complexity index is 494. The second kappa shape index (κ2) is 4.57. The molecule has 0 aliphatic heterocycles. The van der Waals surface area contributed by atoms with Crippen LogP contribution in [0.25, 0.3) is 0 Å². The van der Waals surface area contributed by atoms with E-state index in [0.717, 1.165) is 0 Å². The molecule has 17 heavy (non-hydrogen) atoms. The highest BCUT2D eigenvalue weighted by atomic mass is 35.5. The van der Waals surface area contributed by atoms with Crippen LogP contribution in [0.3, 0.4) is 0 Å². The summed E-state index contributed by atoms with van der Waals surface area (Å²) in [5, 5.41) is 0.417. The van der Waals surface area contributed by atoms with E-state index in [9.17, 15) is 9.18 Å². The van der Waals surface area contributed by atoms with Crippen molar-refractivity contribution in [2.75, 3.05) is 7.11 Å². The monoisotopic (exact) mass is 255 g/mol. The van der Waals surface area contributed by atoms with Gasteiger partial charge in [0.15, 0.2) is 0 Å². The van der Waals surface area contributed by atoms with Crippen LogP contribution in [0.2, 0.25) is 5.02 Å². The highest BCUT2D eigenvalue weighted by Crippen LogP contribution is 2.51. The quantitative estimate of drug-likeness (QED) is 0.613. The lowest BCUT2D eigenvalue weighted by molar-refractivity contribution is 0.181. The molecule has 0 N–H and O–H groups in total. The van der Waals surface area contributed by atoms with Crippen molar-refractivity contribution in [1.29, 1.82) is 0 Å². The van der Waals surface area contributed by atoms with Gasteiger partial charge in [-0.15, -0.1) is 0 Å². The minimum Gasteiger partial charge on any atom is -0.380 e. The van der Waals surface area contributed by atoms with E-state index in [4.69, 9.17) is 16.3 Å². The molecule has 0 unspecified atom stereocenters. The van der Waals surface area contributed by atoms with E-state index >= 15 is 0 Å². The summed E-state index contributed by atoms with van der Waals surface area (Å²) in [7, 11) is 1.48. The molecule has 0 atom stereocenters. The van der Waals surface area contributed by atoms with Crippen molar-refractivity contribution in [3.8, 4) is 0 Å². The van der Waals surface area contributed by atoms with Gasteiger partial charge in [-0.25, -0.2) is 9.18 Å². The molecule has 0 saturated heterocycles. The van der Waals surface area contributed by atoms with E-state index < -0.39 is 11.4 Å². The maximum atomic E-state index is 14.2. The van der Waals surface area contributed by atoms with Crippen LogP contribution in [0.4, 0.5) is 4.39 Å². The highest BCUT2D eigenvalue weighted by molar-refractivity contribution is 6.30. The minimum absolute atomic E-state index is 0.139. The lowest BCUT2D eigenvalue weighted by Crippen LogP contribution is -2.08. The van der Waals surface area contributed by atoms with E-state index in [1.54, 1.807) is 0 Å². The summed E-state index contributed by atoms with van der Waals surface area (Å²) < 4.78 is 19.1. The van der Waals surface area contributed by atoms with E-state index in [-0.39, 0.29) is 6.61 Å². The van der Waals surface area contributed by atoms with Crippen molar-refractivity contribution in [3.63, 3.8) is 0 Å². The van der Waals surface area contributed by atoms with Crippen LogP contribution in [0.15, 0.2) is 17.1 Å². The molecule has 3 nitrogen and oxygen atoms in total. The lowest BCUT2D eigenvalue weighted by Gasteiger charge is -2.13. The maximum Gasteiger partial charge on any atom is 0.235 e. The number of rotatable bonds is 4. The fraction of sp³-hybridized carbons (Fsp3) is 0.417. The summed E-state index contributed by atoms with van der Waals surface area (Å²) in [5.41, 5.74) is -0.0121. The van der Waals surface area contributed by atoms with Crippen molar-refractivity contribution in [2.24, 2.45) is 4.99 Å². The molecule has 1 saturated carbocycles. The van der Waals surface area contributed by atoms with Gasteiger partial charge >= 0.3 is 0 Å². The molecule has 90 valence electrons. The molecule has 1 aromatic carbocycles. The third kappa shape index (κ3) is 2.25. The number of ether oxygens (including phenoxy) is 1. The molecule has 0 spiro atoms. The predicted octanol–water partition coefficient (Wildman–Crippen LogP) is 2.95. The molecule has 0 aromatic heterocycles. The Hall–Kier alpha value is -1.22. The number of methoxy groups -OCH3 is 1. The Morgan fingerprint density at radius 2 is 2.29 bits per heavy atom. The van der Waals surface area contributed by atoms with Gasteiger partial charge in [0.05, 0.1) is 6.61 Å². The topological polar surface area (TPSA) is 38.7 Å². The molecule has 1 aliphatic carbocycles. The van der Waals surface area contributed by atoms with Gasteiger partial charge < -0.3 is 4.74 Å². The first kappa shape index (κ1) is 12.2. The zero-order valence-corrected chi connectivity index (χ0v) is 10.1. The summed E-state index contributed by atoms with van der Waals surface area (Å²) in [4.78, 5) is 14.1. The highest BCUT2D eigenvalue weighted by Gasteiger charge is 2.47. The fourth-order valence-electron chi connectivity index (χ4n) is 1.89. The smallest absolute Gasteiger partial charge is 0.235 e. The van der Waals surface area contributed by atoms with Crippen LogP contribution >= 0.6 is 11.6 Å². The van der Waals surface area contributed by atoms with E-state index in [1.807, 2.05) is 0 Å². The maximum absolute atomic E-state index is 14.2. The van der Waals surface area contributed by atoms with Crippen LogP contribution in [0, 0.1) is 5.82 Å². The van der Waals surface area contributed by atoms with Gasteiger partial charge in [0.2, 0.25) is 6.08 Å². The second-order valence-corrected chi connectivity index (χ2v) is 4.53. The number of aliphatic imine (C=N–C) groups is 1. The standard InChI is InChI=1S/C12H11ClFNO2/c1-17-6-8-4-9(13)5-10(11(8)14)12(2-3-12)15-7-16/h4-5H,2-3,6H2,1H3. The zero-order valence-electron chi connectivity index (χ0n) is 9.30. The zero-order chi connectivity index (χ0) is 12.5. The third-order valence-electron chi connectivity index (χ3n) is 2.90. The van der Waals surface area contributed by atoms with Gasteiger partial charge in [0, 0.05) is 23.3 Å². The fourth-order valence-corrected chi connectivity index (χ4v) is 2.13. The Morgan fingerprint density at radius 1 is 1.59 bits per heavy atom. The third-order valence-corrected chi connectivity index (χ3v) is 3.12. The number of halogens is 2. The van der Waals surface area contributed by atoms with Crippen LogP contribution < -0.4 is 0 Å². The number of isocyanates is 1. The van der Waals surface area contributed by atoms with E-state index in [0.29, 0.717) is 29.0 Å². The van der Waals surface area contributed by atoms with Crippen molar-refractivity contribution < 1.29 is 13.9 Å². The van der Waals surface area contributed by atoms with Gasteiger partial charge in [-0.05, 0) is 25.0 Å². The number of hydrogen-bond acceptors (Lipinski definition) is 3. The summed E-state index contributed by atoms with van der Waals surface area (Å²) in [6.45, 7) is 0.139. The number of nitrogens with zero attached hydrogens (tertiary/aromatic N) is 1. The molecule has 1 aliphatic rings. The molecule has 5 heteroatoms. The molecule has 0 amide bonds. The predicted molar refractivity (Wildman–Crippen MR) is 61.2 cm³/mol. The normalized spacial score (nSPS) is 16.4. The molecule has 2 rings (SSSR count). The number of carbonyl (C=O) groups excluding carboxylic acids is 1. The number of benzene rings is 1. The van der Waals surface area contributed by atoms with E-state index in [1.165, 1.54) is 25.3 Å². The Balaban J connectivity index is 2.50. The van der Waals surface area contributed by atoms with Gasteiger partial charge in [-0.1, -0.05) is 11.6 Å². The summed E-state index contributed by atoms with van der Waals surface area (Å²) in [6.07, 6.45) is 2.79. The van der Waals surface area contributed by atoms with Crippen LogP contribution in [0.1, 0.15) is 24.0 Å². The van der Waals surface area contributed by atoms with Gasteiger partial charge in [-0.3, -0.25) is 0 Å².